The van der Waals surface area contributed by atoms with E-state index in [1.165, 1.54) is 11.6 Å². The van der Waals surface area contributed by atoms with Crippen molar-refractivity contribution in [1.29, 1.82) is 0 Å². The Morgan fingerprint density at radius 3 is 2.44 bits per heavy atom. The molecular formula is C22H20O3. The Kier molecular flexibility index (Phi) is 5.14. The van der Waals surface area contributed by atoms with E-state index in [1.807, 2.05) is 67.6 Å². The molecule has 0 aliphatic rings. The van der Waals surface area contributed by atoms with Gasteiger partial charge >= 0.3 is 5.97 Å². The van der Waals surface area contributed by atoms with E-state index in [0.717, 1.165) is 27.6 Å². The number of carbonyl (C=O) groups is 1. The summed E-state index contributed by atoms with van der Waals surface area (Å²) in [5.74, 6) is 0.478. The zero-order chi connectivity index (χ0) is 17.6. The average Bonchev–Trinajstić information content (AvgIpc) is 2.65. The Bertz CT molecular complexity index is 908. The van der Waals surface area contributed by atoms with Gasteiger partial charge in [0.05, 0.1) is 7.11 Å². The Balaban J connectivity index is 1.63. The number of carbonyl (C=O) groups excluding carboxylic acids is 1. The SMILES string of the molecule is COc1ccc2cc(/C=C/C(=O)OCc3ccc(C)cc3)ccc2c1. The van der Waals surface area contributed by atoms with Crippen molar-refractivity contribution >= 4 is 22.8 Å². The minimum absolute atomic E-state index is 0.279. The van der Waals surface area contributed by atoms with Gasteiger partial charge in [0.25, 0.3) is 0 Å². The minimum atomic E-state index is -0.351. The van der Waals surface area contributed by atoms with Crippen LogP contribution in [0.5, 0.6) is 5.75 Å². The number of aryl methyl sites for hydroxylation is 1. The van der Waals surface area contributed by atoms with E-state index >= 15 is 0 Å². The molecule has 0 spiro atoms. The van der Waals surface area contributed by atoms with E-state index in [-0.39, 0.29) is 12.6 Å². The predicted molar refractivity (Wildman–Crippen MR) is 101 cm³/mol. The molecule has 0 N–H and O–H groups in total. The number of hydrogen-bond acceptors (Lipinski definition) is 3. The molecule has 3 aromatic rings. The molecule has 0 amide bonds. The van der Waals surface area contributed by atoms with Crippen LogP contribution in [0.15, 0.2) is 66.7 Å². The van der Waals surface area contributed by atoms with Crippen LogP contribution < -0.4 is 4.74 Å². The summed E-state index contributed by atoms with van der Waals surface area (Å²) < 4.78 is 10.5. The Morgan fingerprint density at radius 1 is 0.960 bits per heavy atom. The molecule has 0 aliphatic carbocycles. The van der Waals surface area contributed by atoms with Crippen LogP contribution in [-0.2, 0) is 16.1 Å². The normalized spacial score (nSPS) is 11.0. The third-order valence-corrected chi connectivity index (χ3v) is 3.99. The molecule has 3 heteroatoms. The third kappa shape index (κ3) is 4.48. The van der Waals surface area contributed by atoms with Gasteiger partial charge < -0.3 is 9.47 Å². The van der Waals surface area contributed by atoms with Gasteiger partial charge in [-0.1, -0.05) is 48.0 Å². The molecule has 3 rings (SSSR count). The lowest BCUT2D eigenvalue weighted by Gasteiger charge is -2.04. The highest BCUT2D eigenvalue weighted by Crippen LogP contribution is 2.22. The van der Waals surface area contributed by atoms with Gasteiger partial charge in [-0.2, -0.15) is 0 Å². The van der Waals surface area contributed by atoms with Crippen molar-refractivity contribution in [2.24, 2.45) is 0 Å². The molecule has 0 saturated heterocycles. The first-order valence-corrected chi connectivity index (χ1v) is 8.12. The molecule has 25 heavy (non-hydrogen) atoms. The average molecular weight is 332 g/mol. The van der Waals surface area contributed by atoms with Crippen LogP contribution in [0.3, 0.4) is 0 Å². The van der Waals surface area contributed by atoms with Crippen molar-refractivity contribution in [3.05, 3.63) is 83.4 Å². The fourth-order valence-corrected chi connectivity index (χ4v) is 2.52. The van der Waals surface area contributed by atoms with E-state index < -0.39 is 0 Å². The molecule has 3 aromatic carbocycles. The molecule has 0 aliphatic heterocycles. The van der Waals surface area contributed by atoms with Gasteiger partial charge in [0.15, 0.2) is 0 Å². The molecule has 0 bridgehead atoms. The lowest BCUT2D eigenvalue weighted by atomic mass is 10.1. The molecule has 0 saturated carbocycles. The van der Waals surface area contributed by atoms with E-state index in [4.69, 9.17) is 9.47 Å². The van der Waals surface area contributed by atoms with Gasteiger partial charge in [-0.3, -0.25) is 0 Å². The third-order valence-electron chi connectivity index (χ3n) is 3.99. The molecule has 0 atom stereocenters. The monoisotopic (exact) mass is 332 g/mol. The topological polar surface area (TPSA) is 35.5 Å². The Hall–Kier alpha value is -3.07. The molecule has 3 nitrogen and oxygen atoms in total. The maximum Gasteiger partial charge on any atom is 0.331 e. The first-order valence-electron chi connectivity index (χ1n) is 8.12. The molecule has 0 radical (unpaired) electrons. The predicted octanol–water partition coefficient (Wildman–Crippen LogP) is 4.91. The Labute approximate surface area is 147 Å². The summed E-state index contributed by atoms with van der Waals surface area (Å²) in [5, 5.41) is 2.19. The summed E-state index contributed by atoms with van der Waals surface area (Å²) in [6, 6.07) is 19.8. The second-order valence-electron chi connectivity index (χ2n) is 5.90. The van der Waals surface area contributed by atoms with Crippen LogP contribution in [0.2, 0.25) is 0 Å². The number of fused-ring (bicyclic) bond motifs is 1. The second kappa shape index (κ2) is 7.67. The maximum atomic E-state index is 11.9. The zero-order valence-electron chi connectivity index (χ0n) is 14.4. The minimum Gasteiger partial charge on any atom is -0.497 e. The lowest BCUT2D eigenvalue weighted by Crippen LogP contribution is -2.00. The molecular weight excluding hydrogens is 312 g/mol. The highest BCUT2D eigenvalue weighted by Gasteiger charge is 2.00. The van der Waals surface area contributed by atoms with Crippen molar-refractivity contribution < 1.29 is 14.3 Å². The van der Waals surface area contributed by atoms with Crippen LogP contribution in [0.25, 0.3) is 16.8 Å². The zero-order valence-corrected chi connectivity index (χ0v) is 14.4. The van der Waals surface area contributed by atoms with Crippen molar-refractivity contribution in [3.63, 3.8) is 0 Å². The number of benzene rings is 3. The van der Waals surface area contributed by atoms with E-state index in [1.54, 1.807) is 13.2 Å². The molecule has 0 aromatic heterocycles. The van der Waals surface area contributed by atoms with Gasteiger partial charge in [-0.15, -0.1) is 0 Å². The highest BCUT2D eigenvalue weighted by atomic mass is 16.5. The number of hydrogen-bond donors (Lipinski definition) is 0. The molecule has 0 heterocycles. The van der Waals surface area contributed by atoms with Gasteiger partial charge in [-0.05, 0) is 53.1 Å². The second-order valence-corrected chi connectivity index (χ2v) is 5.90. The first-order chi connectivity index (χ1) is 12.1. The first kappa shape index (κ1) is 16.8. The smallest absolute Gasteiger partial charge is 0.331 e. The molecule has 0 fully saturated rings. The maximum absolute atomic E-state index is 11.9. The number of methoxy groups -OCH3 is 1. The quantitative estimate of drug-likeness (QED) is 0.492. The standard InChI is InChI=1S/C22H20O3/c1-16-3-5-18(6-4-16)15-25-22(23)12-8-17-7-9-20-14-21(24-2)11-10-19(20)13-17/h3-14H,15H2,1-2H3/b12-8+. The van der Waals surface area contributed by atoms with Gasteiger partial charge in [0.2, 0.25) is 0 Å². The van der Waals surface area contributed by atoms with Crippen molar-refractivity contribution in [3.8, 4) is 5.75 Å². The van der Waals surface area contributed by atoms with Gasteiger partial charge in [-0.25, -0.2) is 4.79 Å². The van der Waals surface area contributed by atoms with E-state index in [0.29, 0.717) is 0 Å². The Morgan fingerprint density at radius 2 is 1.68 bits per heavy atom. The van der Waals surface area contributed by atoms with E-state index in [2.05, 4.69) is 0 Å². The summed E-state index contributed by atoms with van der Waals surface area (Å²) in [6.07, 6.45) is 3.22. The van der Waals surface area contributed by atoms with Crippen LogP contribution in [0, 0.1) is 6.92 Å². The fraction of sp³-hybridized carbons (Fsp3) is 0.136. The highest BCUT2D eigenvalue weighted by molar-refractivity contribution is 5.90. The summed E-state index contributed by atoms with van der Waals surface area (Å²) in [5.41, 5.74) is 3.11. The van der Waals surface area contributed by atoms with Gasteiger partial charge in [0, 0.05) is 6.08 Å². The largest absolute Gasteiger partial charge is 0.497 e. The van der Waals surface area contributed by atoms with Crippen molar-refractivity contribution in [1.82, 2.24) is 0 Å². The number of rotatable bonds is 5. The van der Waals surface area contributed by atoms with Crippen LogP contribution in [0.1, 0.15) is 16.7 Å². The van der Waals surface area contributed by atoms with Crippen molar-refractivity contribution in [2.75, 3.05) is 7.11 Å². The summed E-state index contributed by atoms with van der Waals surface area (Å²) >= 11 is 0. The molecule has 0 unspecified atom stereocenters. The van der Waals surface area contributed by atoms with Crippen molar-refractivity contribution in [2.45, 2.75) is 13.5 Å². The van der Waals surface area contributed by atoms with Crippen LogP contribution in [-0.4, -0.2) is 13.1 Å². The summed E-state index contributed by atoms with van der Waals surface area (Å²) in [4.78, 5) is 11.9. The number of ether oxygens (including phenoxy) is 2. The summed E-state index contributed by atoms with van der Waals surface area (Å²) in [7, 11) is 1.65. The summed E-state index contributed by atoms with van der Waals surface area (Å²) in [6.45, 7) is 2.30. The number of esters is 1. The van der Waals surface area contributed by atoms with Crippen LogP contribution in [0.4, 0.5) is 0 Å². The van der Waals surface area contributed by atoms with Crippen LogP contribution >= 0.6 is 0 Å². The van der Waals surface area contributed by atoms with Gasteiger partial charge in [0.1, 0.15) is 12.4 Å². The fourth-order valence-electron chi connectivity index (χ4n) is 2.52. The molecule has 126 valence electrons. The van der Waals surface area contributed by atoms with E-state index in [9.17, 15) is 4.79 Å². The lowest BCUT2D eigenvalue weighted by molar-refractivity contribution is -0.138.